The fourth-order valence-corrected chi connectivity index (χ4v) is 3.37. The lowest BCUT2D eigenvalue weighted by molar-refractivity contribution is -0.151. The third-order valence-electron chi connectivity index (χ3n) is 3.67. The molecule has 3 aromatic rings. The number of imidazole rings is 1. The molecular weight excluding hydrogens is 404 g/mol. The van der Waals surface area contributed by atoms with Gasteiger partial charge in [-0.3, -0.25) is 14.5 Å². The molecular formula is C18H15ClN4O4S. The molecule has 0 saturated carbocycles. The lowest BCUT2D eigenvalue weighted by Crippen LogP contribution is -2.41. The second-order valence-electron chi connectivity index (χ2n) is 5.47. The van der Waals surface area contributed by atoms with Crippen LogP contribution in [0.3, 0.4) is 0 Å². The molecule has 1 atom stereocenters. The van der Waals surface area contributed by atoms with Gasteiger partial charge in [0.05, 0.1) is 5.69 Å². The monoisotopic (exact) mass is 418 g/mol. The number of imide groups is 1. The summed E-state index contributed by atoms with van der Waals surface area (Å²) in [5.41, 5.74) is 0.939. The van der Waals surface area contributed by atoms with Gasteiger partial charge >= 0.3 is 12.0 Å². The third kappa shape index (κ3) is 4.38. The standard InChI is InChI=1S/C18H15ClN4O4S/c1-20-17(26)22-16(25)14(11-5-3-2-4-6-11)27-13(24)8-7-12-15(19)21-18-23(12)9-10-28-18/h2-10,14H,1H3,(H2,20,22,25,26)/b8-7-/t14-/m1/s1. The SMILES string of the molecule is CNC(=O)NC(=O)[C@H](OC(=O)/C=C\c1c(Cl)nc2sccn12)c1ccccc1. The first-order chi connectivity index (χ1) is 13.5. The van der Waals surface area contributed by atoms with E-state index in [9.17, 15) is 14.4 Å². The van der Waals surface area contributed by atoms with Crippen LogP contribution in [-0.2, 0) is 14.3 Å². The van der Waals surface area contributed by atoms with E-state index in [0.29, 0.717) is 16.2 Å². The number of benzene rings is 1. The number of ether oxygens (including phenoxy) is 1. The molecule has 0 fully saturated rings. The minimum atomic E-state index is -1.29. The molecule has 144 valence electrons. The van der Waals surface area contributed by atoms with Crippen LogP contribution in [0, 0.1) is 0 Å². The quantitative estimate of drug-likeness (QED) is 0.490. The first kappa shape index (κ1) is 19.6. The Morgan fingerprint density at radius 1 is 1.29 bits per heavy atom. The van der Waals surface area contributed by atoms with Gasteiger partial charge in [0.25, 0.3) is 5.91 Å². The molecule has 2 heterocycles. The van der Waals surface area contributed by atoms with Crippen LogP contribution in [0.1, 0.15) is 17.4 Å². The molecule has 3 rings (SSSR count). The molecule has 2 aromatic heterocycles. The number of nitrogens with one attached hydrogen (secondary N) is 2. The van der Waals surface area contributed by atoms with Gasteiger partial charge in [0, 0.05) is 30.3 Å². The maximum atomic E-state index is 12.4. The first-order valence-corrected chi connectivity index (χ1v) is 9.32. The lowest BCUT2D eigenvalue weighted by atomic mass is 10.1. The number of rotatable bonds is 5. The van der Waals surface area contributed by atoms with E-state index in [-0.39, 0.29) is 5.15 Å². The van der Waals surface area contributed by atoms with E-state index in [1.54, 1.807) is 40.9 Å². The molecule has 0 saturated heterocycles. The fraction of sp³-hybridized carbons (Fsp3) is 0.111. The zero-order valence-electron chi connectivity index (χ0n) is 14.6. The average Bonchev–Trinajstić information content (AvgIpc) is 3.25. The largest absolute Gasteiger partial charge is 0.444 e. The number of esters is 1. The van der Waals surface area contributed by atoms with Gasteiger partial charge in [-0.1, -0.05) is 41.9 Å². The summed E-state index contributed by atoms with van der Waals surface area (Å²) < 4.78 is 7.01. The highest BCUT2D eigenvalue weighted by Gasteiger charge is 2.25. The molecule has 0 aliphatic rings. The van der Waals surface area contributed by atoms with Gasteiger partial charge in [0.2, 0.25) is 6.10 Å². The molecule has 0 bridgehead atoms. The Kier molecular flexibility index (Phi) is 6.07. The summed E-state index contributed by atoms with van der Waals surface area (Å²) in [6, 6.07) is 7.68. The van der Waals surface area contributed by atoms with Crippen molar-refractivity contribution in [2.24, 2.45) is 0 Å². The maximum Gasteiger partial charge on any atom is 0.331 e. The number of hydrogen-bond donors (Lipinski definition) is 2. The normalized spacial score (nSPS) is 12.1. The van der Waals surface area contributed by atoms with Crippen LogP contribution < -0.4 is 10.6 Å². The van der Waals surface area contributed by atoms with Gasteiger partial charge in [-0.15, -0.1) is 11.3 Å². The van der Waals surface area contributed by atoms with Gasteiger partial charge in [-0.25, -0.2) is 14.6 Å². The average molecular weight is 419 g/mol. The minimum absolute atomic E-state index is 0.243. The maximum absolute atomic E-state index is 12.4. The van der Waals surface area contributed by atoms with E-state index in [2.05, 4.69) is 15.6 Å². The summed E-state index contributed by atoms with van der Waals surface area (Å²) in [7, 11) is 1.37. The summed E-state index contributed by atoms with van der Waals surface area (Å²) in [6.45, 7) is 0. The number of fused-ring (bicyclic) bond motifs is 1. The van der Waals surface area contributed by atoms with Crippen LogP contribution in [0.15, 0.2) is 48.0 Å². The Morgan fingerprint density at radius 2 is 2.04 bits per heavy atom. The second-order valence-corrected chi connectivity index (χ2v) is 6.70. The number of carbonyl (C=O) groups is 3. The fourth-order valence-electron chi connectivity index (χ4n) is 2.37. The highest BCUT2D eigenvalue weighted by molar-refractivity contribution is 7.15. The van der Waals surface area contributed by atoms with E-state index in [1.807, 2.05) is 5.38 Å². The Balaban J connectivity index is 1.79. The first-order valence-electron chi connectivity index (χ1n) is 8.07. The molecule has 1 aromatic carbocycles. The molecule has 10 heteroatoms. The predicted molar refractivity (Wildman–Crippen MR) is 105 cm³/mol. The van der Waals surface area contributed by atoms with Crippen molar-refractivity contribution < 1.29 is 19.1 Å². The van der Waals surface area contributed by atoms with Gasteiger partial charge in [0.15, 0.2) is 10.1 Å². The molecule has 2 N–H and O–H groups in total. The van der Waals surface area contributed by atoms with Crippen molar-refractivity contribution in [3.05, 3.63) is 64.4 Å². The number of nitrogens with zero attached hydrogens (tertiary/aromatic N) is 2. The lowest BCUT2D eigenvalue weighted by Gasteiger charge is -2.16. The van der Waals surface area contributed by atoms with Crippen LogP contribution in [-0.4, -0.2) is 34.3 Å². The van der Waals surface area contributed by atoms with Crippen LogP contribution in [0.25, 0.3) is 11.0 Å². The zero-order chi connectivity index (χ0) is 20.1. The molecule has 8 nitrogen and oxygen atoms in total. The number of hydrogen-bond acceptors (Lipinski definition) is 6. The topological polar surface area (TPSA) is 102 Å². The zero-order valence-corrected chi connectivity index (χ0v) is 16.2. The molecule has 3 amide bonds. The molecule has 0 radical (unpaired) electrons. The number of amides is 3. The molecule has 0 aliphatic heterocycles. The highest BCUT2D eigenvalue weighted by Crippen LogP contribution is 2.23. The van der Waals surface area contributed by atoms with Crippen molar-refractivity contribution in [2.75, 3.05) is 7.05 Å². The van der Waals surface area contributed by atoms with Crippen molar-refractivity contribution in [1.29, 1.82) is 0 Å². The van der Waals surface area contributed by atoms with E-state index in [0.717, 1.165) is 6.08 Å². The summed E-state index contributed by atoms with van der Waals surface area (Å²) >= 11 is 7.48. The van der Waals surface area contributed by atoms with Crippen molar-refractivity contribution >= 4 is 51.9 Å². The van der Waals surface area contributed by atoms with E-state index in [4.69, 9.17) is 16.3 Å². The van der Waals surface area contributed by atoms with Gasteiger partial charge in [-0.05, 0) is 6.08 Å². The van der Waals surface area contributed by atoms with Crippen molar-refractivity contribution in [3.63, 3.8) is 0 Å². The number of halogens is 1. The van der Waals surface area contributed by atoms with E-state index < -0.39 is 24.0 Å². The predicted octanol–water partition coefficient (Wildman–Crippen LogP) is 2.80. The summed E-state index contributed by atoms with van der Waals surface area (Å²) in [5, 5.41) is 6.46. The molecule has 28 heavy (non-hydrogen) atoms. The summed E-state index contributed by atoms with van der Waals surface area (Å²) in [5.74, 6) is -1.54. The molecule has 0 unspecified atom stereocenters. The molecule has 0 aliphatic carbocycles. The van der Waals surface area contributed by atoms with Crippen LogP contribution in [0.5, 0.6) is 0 Å². The third-order valence-corrected chi connectivity index (χ3v) is 4.70. The van der Waals surface area contributed by atoms with Crippen molar-refractivity contribution in [1.82, 2.24) is 20.0 Å². The van der Waals surface area contributed by atoms with Crippen LogP contribution in [0.4, 0.5) is 4.79 Å². The summed E-state index contributed by atoms with van der Waals surface area (Å²) in [6.07, 6.45) is 3.08. The van der Waals surface area contributed by atoms with Gasteiger partial charge in [-0.2, -0.15) is 0 Å². The Labute approximate surface area is 168 Å². The highest BCUT2D eigenvalue weighted by atomic mass is 35.5. The van der Waals surface area contributed by atoms with E-state index in [1.165, 1.54) is 24.5 Å². The van der Waals surface area contributed by atoms with Gasteiger partial charge < -0.3 is 10.1 Å². The second kappa shape index (κ2) is 8.68. The Bertz CT molecular complexity index is 1040. The Hall–Kier alpha value is -3.17. The summed E-state index contributed by atoms with van der Waals surface area (Å²) in [4.78, 5) is 41.0. The smallest absolute Gasteiger partial charge is 0.331 e. The van der Waals surface area contributed by atoms with Crippen LogP contribution in [0.2, 0.25) is 5.15 Å². The van der Waals surface area contributed by atoms with Gasteiger partial charge in [0.1, 0.15) is 0 Å². The number of urea groups is 1. The molecule has 0 spiro atoms. The Morgan fingerprint density at radius 3 is 2.75 bits per heavy atom. The number of aromatic nitrogens is 2. The minimum Gasteiger partial charge on any atom is -0.444 e. The van der Waals surface area contributed by atoms with Crippen molar-refractivity contribution in [2.45, 2.75) is 6.10 Å². The number of thiazole rings is 1. The van der Waals surface area contributed by atoms with E-state index >= 15 is 0 Å². The van der Waals surface area contributed by atoms with Crippen LogP contribution >= 0.6 is 22.9 Å². The number of carbonyl (C=O) groups excluding carboxylic acids is 3. The van der Waals surface area contributed by atoms with Crippen molar-refractivity contribution in [3.8, 4) is 0 Å².